The van der Waals surface area contributed by atoms with E-state index in [0.29, 0.717) is 27.1 Å². The molecule has 21 heavy (non-hydrogen) atoms. The van der Waals surface area contributed by atoms with Crippen LogP contribution in [-0.2, 0) is 4.74 Å². The van der Waals surface area contributed by atoms with Crippen LogP contribution in [0.3, 0.4) is 0 Å². The van der Waals surface area contributed by atoms with E-state index >= 15 is 0 Å². The lowest BCUT2D eigenvalue weighted by Crippen LogP contribution is -2.08. The Morgan fingerprint density at radius 1 is 1.24 bits per heavy atom. The van der Waals surface area contributed by atoms with Gasteiger partial charge in [-0.1, -0.05) is 24.8 Å². The van der Waals surface area contributed by atoms with E-state index in [1.165, 1.54) is 7.11 Å². The number of nitrogens with one attached hydrogen (secondary N) is 1. The maximum absolute atomic E-state index is 12.1. The van der Waals surface area contributed by atoms with Crippen LogP contribution < -0.4 is 5.56 Å². The number of benzene rings is 2. The van der Waals surface area contributed by atoms with Gasteiger partial charge in [0.25, 0.3) is 5.56 Å². The van der Waals surface area contributed by atoms with Crippen molar-refractivity contribution in [2.45, 2.75) is 0 Å². The lowest BCUT2D eigenvalue weighted by Gasteiger charge is -2.09. The summed E-state index contributed by atoms with van der Waals surface area (Å²) in [6.07, 6.45) is 3.27. The summed E-state index contributed by atoms with van der Waals surface area (Å²) < 4.78 is 4.84. The van der Waals surface area contributed by atoms with E-state index in [-0.39, 0.29) is 5.56 Å². The fraction of sp³-hybridized carbons (Fsp3) is 0.0588. The minimum absolute atomic E-state index is 0.185. The molecule has 0 saturated heterocycles. The first-order valence-corrected chi connectivity index (χ1v) is 6.44. The van der Waals surface area contributed by atoms with Crippen molar-refractivity contribution in [1.82, 2.24) is 4.98 Å². The van der Waals surface area contributed by atoms with Gasteiger partial charge in [-0.05, 0) is 39.9 Å². The third-order valence-corrected chi connectivity index (χ3v) is 3.54. The number of ether oxygens (including phenoxy) is 1. The van der Waals surface area contributed by atoms with Gasteiger partial charge in [0.05, 0.1) is 18.1 Å². The summed E-state index contributed by atoms with van der Waals surface area (Å²) in [6, 6.07) is 8.97. The van der Waals surface area contributed by atoms with Crippen molar-refractivity contribution in [3.8, 4) is 0 Å². The van der Waals surface area contributed by atoms with Gasteiger partial charge in [0.1, 0.15) is 0 Å². The van der Waals surface area contributed by atoms with Crippen LogP contribution in [0.4, 0.5) is 0 Å². The van der Waals surface area contributed by atoms with Crippen LogP contribution in [0.25, 0.3) is 27.6 Å². The Labute approximate surface area is 120 Å². The normalized spacial score (nSPS) is 10.7. The first-order valence-electron chi connectivity index (χ1n) is 6.44. The fourth-order valence-corrected chi connectivity index (χ4v) is 2.53. The van der Waals surface area contributed by atoms with Crippen molar-refractivity contribution in [2.24, 2.45) is 0 Å². The van der Waals surface area contributed by atoms with E-state index in [1.807, 2.05) is 18.2 Å². The van der Waals surface area contributed by atoms with Crippen LogP contribution in [0, 0.1) is 0 Å². The van der Waals surface area contributed by atoms with Gasteiger partial charge in [0, 0.05) is 6.20 Å². The molecular formula is C17H13NO3. The van der Waals surface area contributed by atoms with Crippen LogP contribution >= 0.6 is 0 Å². The van der Waals surface area contributed by atoms with Crippen molar-refractivity contribution < 1.29 is 9.53 Å². The van der Waals surface area contributed by atoms with Gasteiger partial charge in [-0.25, -0.2) is 4.79 Å². The van der Waals surface area contributed by atoms with E-state index in [9.17, 15) is 9.59 Å². The summed E-state index contributed by atoms with van der Waals surface area (Å²) in [7, 11) is 1.34. The summed E-state index contributed by atoms with van der Waals surface area (Å²) in [5.41, 5.74) is 1.14. The zero-order valence-electron chi connectivity index (χ0n) is 11.5. The smallest absolute Gasteiger partial charge is 0.338 e. The van der Waals surface area contributed by atoms with E-state index in [1.54, 1.807) is 24.4 Å². The van der Waals surface area contributed by atoms with Crippen molar-refractivity contribution in [1.29, 1.82) is 0 Å². The zero-order valence-corrected chi connectivity index (χ0v) is 11.5. The highest BCUT2D eigenvalue weighted by Gasteiger charge is 2.15. The van der Waals surface area contributed by atoms with Crippen molar-refractivity contribution >= 4 is 33.6 Å². The predicted octanol–water partition coefficient (Wildman–Crippen LogP) is 3.11. The van der Waals surface area contributed by atoms with E-state index < -0.39 is 5.97 Å². The molecule has 0 aliphatic heterocycles. The van der Waals surface area contributed by atoms with E-state index in [2.05, 4.69) is 11.6 Å². The lowest BCUT2D eigenvalue weighted by molar-refractivity contribution is 0.0603. The largest absolute Gasteiger partial charge is 0.465 e. The fourth-order valence-electron chi connectivity index (χ4n) is 2.53. The molecule has 0 aliphatic rings. The zero-order chi connectivity index (χ0) is 15.0. The van der Waals surface area contributed by atoms with Gasteiger partial charge in [0.2, 0.25) is 0 Å². The minimum Gasteiger partial charge on any atom is -0.465 e. The monoisotopic (exact) mass is 279 g/mol. The molecule has 0 spiro atoms. The summed E-state index contributed by atoms with van der Waals surface area (Å²) in [5.74, 6) is -0.423. The second-order valence-electron chi connectivity index (χ2n) is 4.70. The number of methoxy groups -OCH3 is 1. The highest BCUT2D eigenvalue weighted by molar-refractivity contribution is 6.16. The second kappa shape index (κ2) is 4.90. The molecule has 0 aliphatic carbocycles. The second-order valence-corrected chi connectivity index (χ2v) is 4.70. The quantitative estimate of drug-likeness (QED) is 0.579. The molecule has 4 heteroatoms. The maximum atomic E-state index is 12.1. The molecule has 3 aromatic rings. The Balaban J connectivity index is 2.58. The lowest BCUT2D eigenvalue weighted by atomic mass is 9.96. The van der Waals surface area contributed by atoms with E-state index in [4.69, 9.17) is 4.74 Å². The molecule has 1 heterocycles. The Morgan fingerprint density at radius 3 is 2.76 bits per heavy atom. The SMILES string of the molecule is C=Cc1ccc2c(C(=O)OC)cc3cc[nH]c(=O)c3c2c1. The Bertz CT molecular complexity index is 938. The van der Waals surface area contributed by atoms with Crippen LogP contribution in [0.1, 0.15) is 15.9 Å². The number of hydrogen-bond acceptors (Lipinski definition) is 3. The van der Waals surface area contributed by atoms with Gasteiger partial charge >= 0.3 is 5.97 Å². The Hall–Kier alpha value is -2.88. The number of carbonyl (C=O) groups is 1. The van der Waals surface area contributed by atoms with Gasteiger partial charge in [0.15, 0.2) is 0 Å². The summed E-state index contributed by atoms with van der Waals surface area (Å²) >= 11 is 0. The standard InChI is InChI=1S/C17H13NO3/c1-3-10-4-5-12-13(8-10)15-11(6-7-18-16(15)19)9-14(12)17(20)21-2/h3-9H,1H2,2H3,(H,18,19). The molecule has 0 amide bonds. The summed E-state index contributed by atoms with van der Waals surface area (Å²) in [5, 5.41) is 2.67. The number of fused-ring (bicyclic) bond motifs is 3. The minimum atomic E-state index is -0.423. The molecule has 2 aromatic carbocycles. The molecule has 0 atom stereocenters. The van der Waals surface area contributed by atoms with Gasteiger partial charge in [-0.3, -0.25) is 4.79 Å². The molecule has 1 N–H and O–H groups in total. The number of carbonyl (C=O) groups excluding carboxylic acids is 1. The molecule has 3 rings (SSSR count). The summed E-state index contributed by atoms with van der Waals surface area (Å²) in [4.78, 5) is 26.8. The molecule has 0 unspecified atom stereocenters. The van der Waals surface area contributed by atoms with Crippen LogP contribution in [-0.4, -0.2) is 18.1 Å². The van der Waals surface area contributed by atoms with Crippen LogP contribution in [0.15, 0.2) is 47.9 Å². The van der Waals surface area contributed by atoms with Crippen molar-refractivity contribution in [3.63, 3.8) is 0 Å². The van der Waals surface area contributed by atoms with Crippen molar-refractivity contribution in [2.75, 3.05) is 7.11 Å². The highest BCUT2D eigenvalue weighted by Crippen LogP contribution is 2.28. The molecule has 104 valence electrons. The average molecular weight is 279 g/mol. The molecule has 1 aromatic heterocycles. The highest BCUT2D eigenvalue weighted by atomic mass is 16.5. The maximum Gasteiger partial charge on any atom is 0.338 e. The van der Waals surface area contributed by atoms with Crippen LogP contribution in [0.2, 0.25) is 0 Å². The molecule has 0 bridgehead atoms. The number of aromatic amines is 1. The first-order chi connectivity index (χ1) is 10.2. The number of hydrogen-bond donors (Lipinski definition) is 1. The Morgan fingerprint density at radius 2 is 2.05 bits per heavy atom. The van der Waals surface area contributed by atoms with Gasteiger partial charge in [-0.15, -0.1) is 0 Å². The topological polar surface area (TPSA) is 59.2 Å². The third kappa shape index (κ3) is 2.01. The number of pyridine rings is 1. The van der Waals surface area contributed by atoms with Gasteiger partial charge in [-0.2, -0.15) is 0 Å². The summed E-state index contributed by atoms with van der Waals surface area (Å²) in [6.45, 7) is 3.74. The molecule has 0 radical (unpaired) electrons. The van der Waals surface area contributed by atoms with Crippen LogP contribution in [0.5, 0.6) is 0 Å². The first kappa shape index (κ1) is 13.1. The Kier molecular flexibility index (Phi) is 3.06. The number of rotatable bonds is 2. The molecule has 4 nitrogen and oxygen atoms in total. The van der Waals surface area contributed by atoms with Gasteiger partial charge < -0.3 is 9.72 Å². The average Bonchev–Trinajstić information content (AvgIpc) is 2.52. The molecule has 0 fully saturated rings. The molecular weight excluding hydrogens is 266 g/mol. The number of H-pyrrole nitrogens is 1. The molecule has 0 saturated carbocycles. The third-order valence-electron chi connectivity index (χ3n) is 3.54. The predicted molar refractivity (Wildman–Crippen MR) is 83.5 cm³/mol. The van der Waals surface area contributed by atoms with E-state index in [0.717, 1.165) is 5.56 Å². The number of aromatic nitrogens is 1. The number of esters is 1. The van der Waals surface area contributed by atoms with Crippen molar-refractivity contribution in [3.05, 3.63) is 64.6 Å².